The fraction of sp³-hybridized carbons (Fsp3) is 0.400. The van der Waals surface area contributed by atoms with Gasteiger partial charge in [-0.3, -0.25) is 0 Å². The third kappa shape index (κ3) is 4.54. The van der Waals surface area contributed by atoms with E-state index in [9.17, 15) is 31.2 Å². The number of nitrogens with zero attached hydrogens (tertiary/aromatic N) is 1. The third-order valence-corrected chi connectivity index (χ3v) is 4.43. The molecule has 0 unspecified atom stereocenters. The van der Waals surface area contributed by atoms with Crippen molar-refractivity contribution >= 4 is 5.69 Å². The Morgan fingerprint density at radius 1 is 0.679 bits per heavy atom. The van der Waals surface area contributed by atoms with Gasteiger partial charge in [-0.15, -0.1) is 4.91 Å². The van der Waals surface area contributed by atoms with Crippen molar-refractivity contribution in [2.75, 3.05) is 0 Å². The first kappa shape index (κ1) is 21.9. The van der Waals surface area contributed by atoms with Crippen molar-refractivity contribution in [1.29, 1.82) is 0 Å². The highest BCUT2D eigenvalue weighted by Crippen LogP contribution is 2.42. The van der Waals surface area contributed by atoms with Gasteiger partial charge in [0.2, 0.25) is 0 Å². The van der Waals surface area contributed by atoms with Crippen LogP contribution in [0.15, 0.2) is 35.5 Å². The second kappa shape index (κ2) is 7.56. The molecular formula is C20H19F6NO. The van der Waals surface area contributed by atoms with Gasteiger partial charge in [0.1, 0.15) is 5.69 Å². The summed E-state index contributed by atoms with van der Waals surface area (Å²) in [5.74, 6) is -0.393. The quantitative estimate of drug-likeness (QED) is 0.375. The second-order valence-electron chi connectivity index (χ2n) is 7.20. The Bertz CT molecular complexity index is 820. The van der Waals surface area contributed by atoms with Gasteiger partial charge in [-0.1, -0.05) is 27.7 Å². The maximum Gasteiger partial charge on any atom is 0.416 e. The van der Waals surface area contributed by atoms with Crippen molar-refractivity contribution < 1.29 is 26.3 Å². The average molecular weight is 403 g/mol. The molecule has 152 valence electrons. The van der Waals surface area contributed by atoms with E-state index in [1.54, 1.807) is 27.7 Å². The van der Waals surface area contributed by atoms with E-state index in [0.29, 0.717) is 23.3 Å². The Balaban J connectivity index is 2.85. The second-order valence-corrected chi connectivity index (χ2v) is 7.20. The molecule has 0 aliphatic carbocycles. The van der Waals surface area contributed by atoms with Gasteiger partial charge in [-0.05, 0) is 69.6 Å². The molecule has 2 rings (SSSR count). The molecule has 0 bridgehead atoms. The van der Waals surface area contributed by atoms with Crippen LogP contribution in [0.4, 0.5) is 32.0 Å². The topological polar surface area (TPSA) is 29.4 Å². The Morgan fingerprint density at radius 3 is 1.32 bits per heavy atom. The molecule has 8 heteroatoms. The normalized spacial score (nSPS) is 12.7. The predicted molar refractivity (Wildman–Crippen MR) is 95.5 cm³/mol. The molecule has 0 aliphatic heterocycles. The molecule has 2 aromatic rings. The summed E-state index contributed by atoms with van der Waals surface area (Å²) in [5, 5.41) is 3.05. The summed E-state index contributed by atoms with van der Waals surface area (Å²) < 4.78 is 79.0. The Morgan fingerprint density at radius 2 is 1.04 bits per heavy atom. The third-order valence-electron chi connectivity index (χ3n) is 4.43. The standard InChI is InChI=1S/C20H19F6NO/c1-10(2)16-7-13(8-17(11(3)4)18(16)27-28)12-5-14(19(21,22)23)9-15(6-12)20(24,25)26/h5-11H,1-4H3. The molecule has 0 radical (unpaired) electrons. The first-order chi connectivity index (χ1) is 12.8. The van der Waals surface area contributed by atoms with E-state index < -0.39 is 23.5 Å². The maximum atomic E-state index is 13.2. The molecule has 2 nitrogen and oxygen atoms in total. The zero-order chi connectivity index (χ0) is 21.4. The minimum Gasteiger partial charge on any atom is -0.166 e. The molecule has 28 heavy (non-hydrogen) atoms. The lowest BCUT2D eigenvalue weighted by molar-refractivity contribution is -0.143. The number of rotatable bonds is 4. The van der Waals surface area contributed by atoms with E-state index in [1.807, 2.05) is 0 Å². The summed E-state index contributed by atoms with van der Waals surface area (Å²) in [7, 11) is 0. The van der Waals surface area contributed by atoms with E-state index in [-0.39, 0.29) is 34.7 Å². The molecule has 0 fully saturated rings. The SMILES string of the molecule is CC(C)c1cc(-c2cc(C(F)(F)F)cc(C(F)(F)F)c2)cc(C(C)C)c1N=O. The number of hydrogen-bond acceptors (Lipinski definition) is 2. The minimum atomic E-state index is -4.93. The molecule has 0 spiro atoms. The molecule has 0 saturated carbocycles. The van der Waals surface area contributed by atoms with E-state index in [4.69, 9.17) is 0 Å². The van der Waals surface area contributed by atoms with Gasteiger partial charge < -0.3 is 0 Å². The molecule has 0 saturated heterocycles. The van der Waals surface area contributed by atoms with Crippen LogP contribution in [0.25, 0.3) is 11.1 Å². The van der Waals surface area contributed by atoms with Crippen LogP contribution in [-0.4, -0.2) is 0 Å². The summed E-state index contributed by atoms with van der Waals surface area (Å²) in [5.41, 5.74) is -1.68. The van der Waals surface area contributed by atoms with Gasteiger partial charge in [0.05, 0.1) is 11.1 Å². The van der Waals surface area contributed by atoms with Crippen LogP contribution in [0, 0.1) is 4.91 Å². The van der Waals surface area contributed by atoms with E-state index in [1.165, 1.54) is 12.1 Å². The highest BCUT2D eigenvalue weighted by atomic mass is 19.4. The van der Waals surface area contributed by atoms with Crippen molar-refractivity contribution in [3.05, 3.63) is 57.5 Å². The van der Waals surface area contributed by atoms with Crippen LogP contribution < -0.4 is 0 Å². The number of hydrogen-bond donors (Lipinski definition) is 0. The van der Waals surface area contributed by atoms with Gasteiger partial charge in [0, 0.05) is 0 Å². The number of halogens is 6. The van der Waals surface area contributed by atoms with Crippen molar-refractivity contribution in [3.8, 4) is 11.1 Å². The first-order valence-electron chi connectivity index (χ1n) is 8.56. The van der Waals surface area contributed by atoms with Gasteiger partial charge in [0.15, 0.2) is 0 Å². The summed E-state index contributed by atoms with van der Waals surface area (Å²) >= 11 is 0. The number of alkyl halides is 6. The van der Waals surface area contributed by atoms with Gasteiger partial charge in [-0.25, -0.2) is 0 Å². The lowest BCUT2D eigenvalue weighted by Crippen LogP contribution is -2.11. The minimum absolute atomic E-state index is 0.0948. The van der Waals surface area contributed by atoms with Crippen LogP contribution in [0.2, 0.25) is 0 Å². The number of nitroso groups, excluding NO2 is 1. The van der Waals surface area contributed by atoms with Gasteiger partial charge in [0.25, 0.3) is 0 Å². The highest BCUT2D eigenvalue weighted by Gasteiger charge is 2.37. The molecule has 0 aromatic heterocycles. The first-order valence-corrected chi connectivity index (χ1v) is 8.56. The zero-order valence-corrected chi connectivity index (χ0v) is 15.7. The summed E-state index contributed by atoms with van der Waals surface area (Å²) in [6.07, 6.45) is -9.86. The molecule has 0 heterocycles. The fourth-order valence-electron chi connectivity index (χ4n) is 2.95. The predicted octanol–water partition coefficient (Wildman–Crippen LogP) is 8.04. The van der Waals surface area contributed by atoms with Crippen LogP contribution in [0.5, 0.6) is 0 Å². The summed E-state index contributed by atoms with van der Waals surface area (Å²) in [6, 6.07) is 4.34. The van der Waals surface area contributed by atoms with Gasteiger partial charge in [-0.2, -0.15) is 26.3 Å². The fourth-order valence-corrected chi connectivity index (χ4v) is 2.95. The van der Waals surface area contributed by atoms with Gasteiger partial charge >= 0.3 is 12.4 Å². The van der Waals surface area contributed by atoms with Crippen molar-refractivity contribution in [2.24, 2.45) is 5.18 Å². The Labute approximate surface area is 158 Å². The molecule has 0 N–H and O–H groups in total. The van der Waals surface area contributed by atoms with E-state index in [0.717, 1.165) is 0 Å². The van der Waals surface area contributed by atoms with Crippen LogP contribution in [0.1, 0.15) is 61.8 Å². The lowest BCUT2D eigenvalue weighted by atomic mass is 9.88. The monoisotopic (exact) mass is 403 g/mol. The molecule has 0 atom stereocenters. The number of benzene rings is 2. The van der Waals surface area contributed by atoms with E-state index in [2.05, 4.69) is 5.18 Å². The Kier molecular flexibility index (Phi) is 5.92. The van der Waals surface area contributed by atoms with Crippen LogP contribution in [-0.2, 0) is 12.4 Å². The molecule has 0 aliphatic rings. The van der Waals surface area contributed by atoms with Crippen LogP contribution >= 0.6 is 0 Å². The van der Waals surface area contributed by atoms with Crippen molar-refractivity contribution in [2.45, 2.75) is 51.9 Å². The van der Waals surface area contributed by atoms with Crippen molar-refractivity contribution in [3.63, 3.8) is 0 Å². The average Bonchev–Trinajstić information content (AvgIpc) is 2.58. The Hall–Kier alpha value is -2.38. The molecular weight excluding hydrogens is 384 g/mol. The molecule has 2 aromatic carbocycles. The zero-order valence-electron chi connectivity index (χ0n) is 15.7. The smallest absolute Gasteiger partial charge is 0.166 e. The summed E-state index contributed by atoms with van der Waals surface area (Å²) in [4.78, 5) is 11.3. The molecule has 0 amide bonds. The summed E-state index contributed by atoms with van der Waals surface area (Å²) in [6.45, 7) is 7.08. The van der Waals surface area contributed by atoms with Crippen LogP contribution in [0.3, 0.4) is 0 Å². The lowest BCUT2D eigenvalue weighted by Gasteiger charge is -2.19. The highest BCUT2D eigenvalue weighted by molar-refractivity contribution is 5.72. The van der Waals surface area contributed by atoms with E-state index >= 15 is 0 Å². The maximum absolute atomic E-state index is 13.2. The largest absolute Gasteiger partial charge is 0.416 e. The van der Waals surface area contributed by atoms with Crippen molar-refractivity contribution in [1.82, 2.24) is 0 Å².